The summed E-state index contributed by atoms with van der Waals surface area (Å²) in [6.45, 7) is 9.24. The van der Waals surface area contributed by atoms with Gasteiger partial charge in [-0.05, 0) is 44.0 Å². The van der Waals surface area contributed by atoms with Crippen LogP contribution in [0.1, 0.15) is 23.6 Å². The minimum atomic E-state index is -1.53. The smallest absolute Gasteiger partial charge is 0.280 e. The van der Waals surface area contributed by atoms with Crippen LogP contribution in [0.5, 0.6) is 5.75 Å². The van der Waals surface area contributed by atoms with E-state index in [0.29, 0.717) is 24.5 Å². The van der Waals surface area contributed by atoms with E-state index in [2.05, 4.69) is 36.1 Å². The van der Waals surface area contributed by atoms with Crippen LogP contribution < -0.4 is 9.64 Å². The van der Waals surface area contributed by atoms with Gasteiger partial charge in [0.1, 0.15) is 5.75 Å². The van der Waals surface area contributed by atoms with Crippen molar-refractivity contribution in [3.8, 4) is 5.75 Å². The number of hydrogen-bond acceptors (Lipinski definition) is 4. The zero-order valence-corrected chi connectivity index (χ0v) is 18.1. The van der Waals surface area contributed by atoms with Crippen LogP contribution in [-0.2, 0) is 16.1 Å². The van der Waals surface area contributed by atoms with Gasteiger partial charge in [0.05, 0.1) is 5.69 Å². The van der Waals surface area contributed by atoms with E-state index in [0.717, 1.165) is 25.2 Å². The molecule has 0 N–H and O–H groups in total. The molecule has 0 aromatic heterocycles. The first-order valence-corrected chi connectivity index (χ1v) is 10.4. The van der Waals surface area contributed by atoms with Gasteiger partial charge in [0.15, 0.2) is 0 Å². The van der Waals surface area contributed by atoms with Gasteiger partial charge >= 0.3 is 0 Å². The molecule has 2 aromatic rings. The third-order valence-electron chi connectivity index (χ3n) is 6.06. The van der Waals surface area contributed by atoms with Crippen molar-refractivity contribution in [1.82, 2.24) is 9.80 Å². The summed E-state index contributed by atoms with van der Waals surface area (Å²) in [6.07, 6.45) is 0. The second-order valence-electron chi connectivity index (χ2n) is 8.53. The second-order valence-corrected chi connectivity index (χ2v) is 8.53. The SMILES string of the molecule is Cc1cccc(CN2CCN(C(=O)C3(C)Oc4ccc(C)cc4N(C)C3=O)CC2)c1. The fourth-order valence-electron chi connectivity index (χ4n) is 4.28. The molecule has 6 nitrogen and oxygen atoms in total. The lowest BCUT2D eigenvalue weighted by Crippen LogP contribution is -2.64. The zero-order valence-electron chi connectivity index (χ0n) is 18.1. The second kappa shape index (κ2) is 7.76. The minimum absolute atomic E-state index is 0.263. The fourth-order valence-corrected chi connectivity index (χ4v) is 4.28. The number of piperazine rings is 1. The summed E-state index contributed by atoms with van der Waals surface area (Å²) in [5.74, 6) is -0.0230. The largest absolute Gasteiger partial charge is 0.465 e. The van der Waals surface area contributed by atoms with Crippen molar-refractivity contribution in [3.63, 3.8) is 0 Å². The number of nitrogens with zero attached hydrogens (tertiary/aromatic N) is 3. The highest BCUT2D eigenvalue weighted by molar-refractivity contribution is 6.16. The molecule has 1 fully saturated rings. The van der Waals surface area contributed by atoms with E-state index in [9.17, 15) is 9.59 Å². The van der Waals surface area contributed by atoms with E-state index in [1.165, 1.54) is 16.0 Å². The number of aryl methyl sites for hydroxylation is 2. The number of benzene rings is 2. The van der Waals surface area contributed by atoms with Gasteiger partial charge in [0, 0.05) is 39.8 Å². The summed E-state index contributed by atoms with van der Waals surface area (Å²) in [6, 6.07) is 14.2. The van der Waals surface area contributed by atoms with E-state index in [4.69, 9.17) is 4.74 Å². The van der Waals surface area contributed by atoms with Crippen molar-refractivity contribution in [1.29, 1.82) is 0 Å². The molecule has 2 aliphatic heterocycles. The Balaban J connectivity index is 1.44. The van der Waals surface area contributed by atoms with Crippen LogP contribution in [0.15, 0.2) is 42.5 Å². The van der Waals surface area contributed by atoms with Crippen LogP contribution in [0.2, 0.25) is 0 Å². The molecule has 2 heterocycles. The maximum Gasteiger partial charge on any atom is 0.280 e. The summed E-state index contributed by atoms with van der Waals surface area (Å²) < 4.78 is 6.01. The molecule has 1 unspecified atom stereocenters. The Bertz CT molecular complexity index is 981. The standard InChI is InChI=1S/C24H29N3O3/c1-17-6-5-7-19(14-17)16-26-10-12-27(13-11-26)23(29)24(3)22(28)25(4)20-15-18(2)8-9-21(20)30-24/h5-9,14-15H,10-13,16H2,1-4H3. The zero-order chi connectivity index (χ0) is 21.5. The highest BCUT2D eigenvalue weighted by atomic mass is 16.5. The van der Waals surface area contributed by atoms with Crippen molar-refractivity contribution in [2.75, 3.05) is 38.1 Å². The lowest BCUT2D eigenvalue weighted by molar-refractivity contribution is -0.157. The molecule has 1 saturated heterocycles. The van der Waals surface area contributed by atoms with Gasteiger partial charge in [-0.1, -0.05) is 35.9 Å². The number of carbonyl (C=O) groups is 2. The minimum Gasteiger partial charge on any atom is -0.465 e. The number of likely N-dealkylation sites (N-methyl/N-ethyl adjacent to an activating group) is 1. The molecule has 0 radical (unpaired) electrons. The Morgan fingerprint density at radius 2 is 1.73 bits per heavy atom. The molecule has 1 atom stereocenters. The van der Waals surface area contributed by atoms with Crippen molar-refractivity contribution in [3.05, 3.63) is 59.2 Å². The van der Waals surface area contributed by atoms with Crippen LogP contribution in [0.4, 0.5) is 5.69 Å². The normalized spacial score (nSPS) is 21.9. The lowest BCUT2D eigenvalue weighted by atomic mass is 9.98. The molecule has 4 rings (SSSR count). The maximum absolute atomic E-state index is 13.4. The van der Waals surface area contributed by atoms with Crippen molar-refractivity contribution in [2.24, 2.45) is 0 Å². The number of carbonyl (C=O) groups excluding carboxylic acids is 2. The van der Waals surface area contributed by atoms with Gasteiger partial charge < -0.3 is 14.5 Å². The molecular formula is C24H29N3O3. The monoisotopic (exact) mass is 407 g/mol. The molecule has 0 aliphatic carbocycles. The first-order valence-electron chi connectivity index (χ1n) is 10.4. The summed E-state index contributed by atoms with van der Waals surface area (Å²) in [4.78, 5) is 32.1. The molecule has 0 spiro atoms. The third-order valence-corrected chi connectivity index (χ3v) is 6.06. The Morgan fingerprint density at radius 1 is 1.03 bits per heavy atom. The predicted molar refractivity (Wildman–Crippen MR) is 117 cm³/mol. The average molecular weight is 408 g/mol. The average Bonchev–Trinajstić information content (AvgIpc) is 2.73. The summed E-state index contributed by atoms with van der Waals surface area (Å²) in [7, 11) is 1.70. The molecule has 2 aromatic carbocycles. The summed E-state index contributed by atoms with van der Waals surface area (Å²) in [5.41, 5.74) is 2.74. The number of anilines is 1. The highest BCUT2D eigenvalue weighted by Crippen LogP contribution is 2.38. The van der Waals surface area contributed by atoms with Crippen molar-refractivity contribution < 1.29 is 14.3 Å². The Hall–Kier alpha value is -2.86. The van der Waals surface area contributed by atoms with Crippen LogP contribution in [-0.4, -0.2) is 60.4 Å². The van der Waals surface area contributed by atoms with Crippen molar-refractivity contribution >= 4 is 17.5 Å². The number of ether oxygens (including phenoxy) is 1. The van der Waals surface area contributed by atoms with Gasteiger partial charge in [-0.3, -0.25) is 14.5 Å². The van der Waals surface area contributed by atoms with Gasteiger partial charge in [-0.2, -0.15) is 0 Å². The van der Waals surface area contributed by atoms with Gasteiger partial charge in [-0.15, -0.1) is 0 Å². The highest BCUT2D eigenvalue weighted by Gasteiger charge is 2.51. The van der Waals surface area contributed by atoms with Gasteiger partial charge in [-0.25, -0.2) is 0 Å². The molecule has 2 aliphatic rings. The number of hydrogen-bond donors (Lipinski definition) is 0. The Kier molecular flexibility index (Phi) is 5.28. The lowest BCUT2D eigenvalue weighted by Gasteiger charge is -2.42. The maximum atomic E-state index is 13.4. The molecule has 2 amide bonds. The molecule has 30 heavy (non-hydrogen) atoms. The van der Waals surface area contributed by atoms with E-state index in [1.807, 2.05) is 25.1 Å². The molecule has 158 valence electrons. The van der Waals surface area contributed by atoms with Crippen LogP contribution in [0.25, 0.3) is 0 Å². The summed E-state index contributed by atoms with van der Waals surface area (Å²) >= 11 is 0. The predicted octanol–water partition coefficient (Wildman–Crippen LogP) is 2.76. The molecule has 6 heteroatoms. The van der Waals surface area contributed by atoms with E-state index < -0.39 is 5.60 Å². The fraction of sp³-hybridized carbons (Fsp3) is 0.417. The first-order chi connectivity index (χ1) is 14.3. The number of rotatable bonds is 3. The van der Waals surface area contributed by atoms with Crippen LogP contribution in [0, 0.1) is 13.8 Å². The van der Waals surface area contributed by atoms with E-state index in [1.54, 1.807) is 18.9 Å². The number of fused-ring (bicyclic) bond motifs is 1. The van der Waals surface area contributed by atoms with E-state index >= 15 is 0 Å². The number of amides is 2. The molecule has 0 saturated carbocycles. The summed E-state index contributed by atoms with van der Waals surface area (Å²) in [5, 5.41) is 0. The van der Waals surface area contributed by atoms with Gasteiger partial charge in [0.25, 0.3) is 17.4 Å². The third kappa shape index (κ3) is 3.67. The van der Waals surface area contributed by atoms with Gasteiger partial charge in [0.2, 0.25) is 0 Å². The topological polar surface area (TPSA) is 53.1 Å². The van der Waals surface area contributed by atoms with Crippen molar-refractivity contribution in [2.45, 2.75) is 32.9 Å². The Morgan fingerprint density at radius 3 is 2.43 bits per heavy atom. The molecular weight excluding hydrogens is 378 g/mol. The first kappa shape index (κ1) is 20.4. The Labute approximate surface area is 178 Å². The van der Waals surface area contributed by atoms with Crippen LogP contribution in [0.3, 0.4) is 0 Å². The van der Waals surface area contributed by atoms with E-state index in [-0.39, 0.29) is 11.8 Å². The van der Waals surface area contributed by atoms with Crippen LogP contribution >= 0.6 is 0 Å². The molecule has 0 bridgehead atoms. The quantitative estimate of drug-likeness (QED) is 0.735.